The molecule has 6 nitrogen and oxygen atoms in total. The molecule has 1 atom stereocenters. The summed E-state index contributed by atoms with van der Waals surface area (Å²) in [5.41, 5.74) is 0.491. The van der Waals surface area contributed by atoms with Gasteiger partial charge in [0.1, 0.15) is 34.9 Å². The number of nitrogens with zero attached hydrogens (tertiary/aromatic N) is 1. The van der Waals surface area contributed by atoms with Crippen LogP contribution in [0.4, 0.5) is 10.1 Å². The lowest BCUT2D eigenvalue weighted by atomic mass is 9.99. The predicted molar refractivity (Wildman–Crippen MR) is 108 cm³/mol. The van der Waals surface area contributed by atoms with Gasteiger partial charge in [-0.05, 0) is 55.5 Å². The maximum atomic E-state index is 13.3. The molecule has 4 rings (SSSR count). The van der Waals surface area contributed by atoms with Gasteiger partial charge in [-0.3, -0.25) is 14.5 Å². The van der Waals surface area contributed by atoms with Crippen LogP contribution in [0.5, 0.6) is 5.75 Å². The largest absolute Gasteiger partial charge is 0.507 e. The molecular weight excluding hydrogens is 389 g/mol. The smallest absolute Gasteiger partial charge is 0.300 e. The number of hydrogen-bond donors (Lipinski definition) is 1. The van der Waals surface area contributed by atoms with Crippen LogP contribution in [0.2, 0.25) is 0 Å². The Bertz CT molecular complexity index is 1160. The van der Waals surface area contributed by atoms with Crippen molar-refractivity contribution in [1.82, 2.24) is 0 Å². The molecule has 0 bridgehead atoms. The van der Waals surface area contributed by atoms with Crippen LogP contribution < -0.4 is 9.64 Å². The topological polar surface area (TPSA) is 80.0 Å². The fraction of sp³-hybridized carbons (Fsp3) is 0.130. The first-order chi connectivity index (χ1) is 14.4. The third-order valence-electron chi connectivity index (χ3n) is 4.92. The van der Waals surface area contributed by atoms with Crippen LogP contribution in [-0.4, -0.2) is 23.9 Å². The number of ketones is 1. The standard InChI is InChI=1S/C23H18FNO5/c1-13-6-11-18(30-13)20-19(21(26)14-7-9-15(24)10-8-14)22(27)23(28)25(20)16-4-3-5-17(12-16)29-2/h3-12,20,26H,1-2H3/b21-19-. The Hall–Kier alpha value is -3.87. The van der Waals surface area contributed by atoms with Crippen molar-refractivity contribution < 1.29 is 28.2 Å². The van der Waals surface area contributed by atoms with Crippen molar-refractivity contribution >= 4 is 23.1 Å². The van der Waals surface area contributed by atoms with Gasteiger partial charge in [-0.25, -0.2) is 4.39 Å². The van der Waals surface area contributed by atoms with Gasteiger partial charge in [0.2, 0.25) is 0 Å². The van der Waals surface area contributed by atoms with Gasteiger partial charge in [-0.1, -0.05) is 6.07 Å². The zero-order chi connectivity index (χ0) is 21.4. The molecule has 2 aromatic carbocycles. The van der Waals surface area contributed by atoms with E-state index in [1.807, 2.05) is 0 Å². The summed E-state index contributed by atoms with van der Waals surface area (Å²) in [6.07, 6.45) is 0. The first-order valence-corrected chi connectivity index (χ1v) is 9.18. The number of aliphatic hydroxyl groups excluding tert-OH is 1. The number of aryl methyl sites for hydroxylation is 1. The van der Waals surface area contributed by atoms with Gasteiger partial charge < -0.3 is 14.3 Å². The van der Waals surface area contributed by atoms with Crippen LogP contribution in [0, 0.1) is 12.7 Å². The molecule has 0 saturated carbocycles. The van der Waals surface area contributed by atoms with Crippen LogP contribution in [0.15, 0.2) is 70.7 Å². The van der Waals surface area contributed by atoms with E-state index < -0.39 is 29.3 Å². The van der Waals surface area contributed by atoms with Crippen LogP contribution >= 0.6 is 0 Å². The lowest BCUT2D eigenvalue weighted by Gasteiger charge is -2.23. The van der Waals surface area contributed by atoms with Crippen molar-refractivity contribution in [3.63, 3.8) is 0 Å². The Labute approximate surface area is 171 Å². The minimum Gasteiger partial charge on any atom is -0.507 e. The summed E-state index contributed by atoms with van der Waals surface area (Å²) in [7, 11) is 1.50. The summed E-state index contributed by atoms with van der Waals surface area (Å²) >= 11 is 0. The molecule has 1 aliphatic heterocycles. The lowest BCUT2D eigenvalue weighted by molar-refractivity contribution is -0.132. The SMILES string of the molecule is COc1cccc(N2C(=O)C(=O)/C(=C(\O)c3ccc(F)cc3)C2c2ccc(C)o2)c1. The van der Waals surface area contributed by atoms with Gasteiger partial charge in [0, 0.05) is 17.3 Å². The summed E-state index contributed by atoms with van der Waals surface area (Å²) < 4.78 is 24.3. The van der Waals surface area contributed by atoms with E-state index in [2.05, 4.69) is 0 Å². The van der Waals surface area contributed by atoms with E-state index >= 15 is 0 Å². The molecular formula is C23H18FNO5. The monoisotopic (exact) mass is 407 g/mol. The van der Waals surface area contributed by atoms with Crippen molar-refractivity contribution in [2.75, 3.05) is 12.0 Å². The molecule has 1 fully saturated rings. The molecule has 1 N–H and O–H groups in total. The number of carbonyl (C=O) groups excluding carboxylic acids is 2. The van der Waals surface area contributed by atoms with Crippen LogP contribution in [0.1, 0.15) is 23.1 Å². The highest BCUT2D eigenvalue weighted by Crippen LogP contribution is 2.43. The number of Topliss-reactive ketones (excluding diaryl/α,β-unsaturated/α-hetero) is 1. The fourth-order valence-electron chi connectivity index (χ4n) is 3.49. The molecule has 30 heavy (non-hydrogen) atoms. The molecule has 2 heterocycles. The number of rotatable bonds is 4. The van der Waals surface area contributed by atoms with E-state index in [1.54, 1.807) is 43.3 Å². The number of halogens is 1. The predicted octanol–water partition coefficient (Wildman–Crippen LogP) is 4.36. The van der Waals surface area contributed by atoms with E-state index in [0.29, 0.717) is 23.0 Å². The molecule has 0 spiro atoms. The molecule has 7 heteroatoms. The normalized spacial score (nSPS) is 18.1. The van der Waals surface area contributed by atoms with Crippen molar-refractivity contribution in [3.8, 4) is 5.75 Å². The number of ether oxygens (including phenoxy) is 1. The Kier molecular flexibility index (Phi) is 4.87. The molecule has 1 aliphatic rings. The summed E-state index contributed by atoms with van der Waals surface area (Å²) in [6, 6.07) is 14.1. The third-order valence-corrected chi connectivity index (χ3v) is 4.92. The quantitative estimate of drug-likeness (QED) is 0.395. The second kappa shape index (κ2) is 7.51. The average molecular weight is 407 g/mol. The van der Waals surface area contributed by atoms with E-state index in [9.17, 15) is 19.1 Å². The molecule has 1 amide bonds. The van der Waals surface area contributed by atoms with Gasteiger partial charge >= 0.3 is 0 Å². The summed E-state index contributed by atoms with van der Waals surface area (Å²) in [4.78, 5) is 27.2. The number of carbonyl (C=O) groups is 2. The second-order valence-corrected chi connectivity index (χ2v) is 6.83. The minimum absolute atomic E-state index is 0.135. The Morgan fingerprint density at radius 3 is 2.47 bits per heavy atom. The number of anilines is 1. The Morgan fingerprint density at radius 1 is 1.10 bits per heavy atom. The number of hydrogen-bond acceptors (Lipinski definition) is 5. The number of methoxy groups -OCH3 is 1. The molecule has 0 radical (unpaired) electrons. The number of aliphatic hydroxyl groups is 1. The number of furan rings is 1. The lowest BCUT2D eigenvalue weighted by Crippen LogP contribution is -2.29. The van der Waals surface area contributed by atoms with Crippen molar-refractivity contribution in [1.29, 1.82) is 0 Å². The van der Waals surface area contributed by atoms with E-state index in [-0.39, 0.29) is 11.1 Å². The Morgan fingerprint density at radius 2 is 1.83 bits per heavy atom. The Balaban J connectivity index is 1.93. The highest BCUT2D eigenvalue weighted by atomic mass is 19.1. The van der Waals surface area contributed by atoms with Gasteiger partial charge in [-0.15, -0.1) is 0 Å². The number of amides is 1. The zero-order valence-corrected chi connectivity index (χ0v) is 16.3. The van der Waals surface area contributed by atoms with Crippen LogP contribution in [0.3, 0.4) is 0 Å². The minimum atomic E-state index is -0.990. The molecule has 1 aromatic heterocycles. The van der Waals surface area contributed by atoms with Crippen LogP contribution in [0.25, 0.3) is 5.76 Å². The van der Waals surface area contributed by atoms with Crippen LogP contribution in [-0.2, 0) is 9.59 Å². The molecule has 3 aromatic rings. The van der Waals surface area contributed by atoms with Crippen molar-refractivity contribution in [2.45, 2.75) is 13.0 Å². The fourth-order valence-corrected chi connectivity index (χ4v) is 3.49. The van der Waals surface area contributed by atoms with Crippen molar-refractivity contribution in [3.05, 3.63) is 89.1 Å². The first kappa shape index (κ1) is 19.4. The summed E-state index contributed by atoms with van der Waals surface area (Å²) in [5.74, 6) is -1.16. The van der Waals surface area contributed by atoms with E-state index in [0.717, 1.165) is 0 Å². The third kappa shape index (κ3) is 3.24. The van der Waals surface area contributed by atoms with Gasteiger partial charge in [0.25, 0.3) is 11.7 Å². The maximum absolute atomic E-state index is 13.3. The summed E-state index contributed by atoms with van der Waals surface area (Å²) in [5, 5.41) is 10.9. The second-order valence-electron chi connectivity index (χ2n) is 6.83. The van der Waals surface area contributed by atoms with E-state index in [4.69, 9.17) is 9.15 Å². The maximum Gasteiger partial charge on any atom is 0.300 e. The molecule has 1 saturated heterocycles. The van der Waals surface area contributed by atoms with Gasteiger partial charge in [-0.2, -0.15) is 0 Å². The van der Waals surface area contributed by atoms with Gasteiger partial charge in [0.05, 0.1) is 12.7 Å². The summed E-state index contributed by atoms with van der Waals surface area (Å²) in [6.45, 7) is 1.74. The zero-order valence-electron chi connectivity index (χ0n) is 16.3. The molecule has 0 aliphatic carbocycles. The number of benzene rings is 2. The first-order valence-electron chi connectivity index (χ1n) is 9.18. The van der Waals surface area contributed by atoms with Crippen molar-refractivity contribution in [2.24, 2.45) is 0 Å². The van der Waals surface area contributed by atoms with E-state index in [1.165, 1.54) is 36.3 Å². The highest BCUT2D eigenvalue weighted by Gasteiger charge is 2.48. The molecule has 1 unspecified atom stereocenters. The average Bonchev–Trinajstić information content (AvgIpc) is 3.29. The van der Waals surface area contributed by atoms with Gasteiger partial charge in [0.15, 0.2) is 0 Å². The highest BCUT2D eigenvalue weighted by molar-refractivity contribution is 6.51. The molecule has 152 valence electrons.